The zero-order valence-corrected chi connectivity index (χ0v) is 19.4. The maximum atomic E-state index is 12.8. The fourth-order valence-electron chi connectivity index (χ4n) is 3.82. The molecule has 2 amide bonds. The Morgan fingerprint density at radius 1 is 1.06 bits per heavy atom. The first-order valence-electron chi connectivity index (χ1n) is 11.3. The average molecular weight is 461 g/mol. The van der Waals surface area contributed by atoms with Crippen molar-refractivity contribution in [3.63, 3.8) is 0 Å². The Hall–Kier alpha value is -4.00. The van der Waals surface area contributed by atoms with Gasteiger partial charge >= 0.3 is 0 Å². The number of amides is 2. The fraction of sp³-hybridized carbons (Fsp3) is 0.259. The third-order valence-corrected chi connectivity index (χ3v) is 5.55. The second kappa shape index (κ2) is 10.7. The Labute approximate surface area is 199 Å². The van der Waals surface area contributed by atoms with Crippen LogP contribution in [-0.4, -0.2) is 38.7 Å². The van der Waals surface area contributed by atoms with Crippen molar-refractivity contribution in [3.8, 4) is 17.2 Å². The minimum Gasteiger partial charge on any atom is -0.496 e. The molecule has 3 aromatic rings. The number of methoxy groups -OCH3 is 1. The number of rotatable bonds is 9. The first kappa shape index (κ1) is 23.2. The second-order valence-electron chi connectivity index (χ2n) is 8.04. The summed E-state index contributed by atoms with van der Waals surface area (Å²) in [6.07, 6.45) is 1.58. The zero-order valence-electron chi connectivity index (χ0n) is 19.4. The van der Waals surface area contributed by atoms with Crippen LogP contribution in [0.1, 0.15) is 28.8 Å². The molecular weight excluding hydrogens is 432 g/mol. The Morgan fingerprint density at radius 2 is 1.91 bits per heavy atom. The standard InChI is InChI=1S/C27H28N2O5/c1-19-8-7-9-21(16-19)33-15-6-5-14-29-23-17-20(12-13-25(23)34-18-26(29)30)28-27(31)22-10-3-4-11-24(22)32-2/h3-4,7-13,16-17H,5-6,14-15,18H2,1-2H3,(H,28,31). The first-order chi connectivity index (χ1) is 16.5. The number of para-hydroxylation sites is 1. The number of ether oxygens (including phenoxy) is 3. The molecule has 0 fully saturated rings. The third kappa shape index (κ3) is 5.49. The Balaban J connectivity index is 1.39. The lowest BCUT2D eigenvalue weighted by Gasteiger charge is -2.30. The van der Waals surface area contributed by atoms with Crippen molar-refractivity contribution < 1.29 is 23.8 Å². The number of carbonyl (C=O) groups excluding carboxylic acids is 2. The number of hydrogen-bond acceptors (Lipinski definition) is 5. The van der Waals surface area contributed by atoms with Crippen LogP contribution in [0.25, 0.3) is 0 Å². The van der Waals surface area contributed by atoms with Gasteiger partial charge in [-0.25, -0.2) is 0 Å². The van der Waals surface area contributed by atoms with Crippen LogP contribution in [0.3, 0.4) is 0 Å². The average Bonchev–Trinajstić information content (AvgIpc) is 2.85. The van der Waals surface area contributed by atoms with Crippen molar-refractivity contribution in [2.24, 2.45) is 0 Å². The molecule has 0 atom stereocenters. The molecule has 0 spiro atoms. The van der Waals surface area contributed by atoms with Crippen LogP contribution in [0.4, 0.5) is 11.4 Å². The lowest BCUT2D eigenvalue weighted by atomic mass is 10.1. The van der Waals surface area contributed by atoms with Gasteiger partial charge in [0.25, 0.3) is 11.8 Å². The van der Waals surface area contributed by atoms with Crippen LogP contribution in [-0.2, 0) is 4.79 Å². The van der Waals surface area contributed by atoms with E-state index in [1.54, 1.807) is 47.4 Å². The third-order valence-electron chi connectivity index (χ3n) is 5.55. The molecule has 0 saturated heterocycles. The van der Waals surface area contributed by atoms with Gasteiger partial charge < -0.3 is 24.4 Å². The molecule has 0 radical (unpaired) electrons. The van der Waals surface area contributed by atoms with Crippen molar-refractivity contribution >= 4 is 23.2 Å². The monoisotopic (exact) mass is 460 g/mol. The van der Waals surface area contributed by atoms with E-state index in [1.165, 1.54) is 7.11 Å². The molecule has 1 N–H and O–H groups in total. The topological polar surface area (TPSA) is 77.1 Å². The molecule has 0 aliphatic carbocycles. The van der Waals surface area contributed by atoms with E-state index >= 15 is 0 Å². The maximum Gasteiger partial charge on any atom is 0.265 e. The molecule has 34 heavy (non-hydrogen) atoms. The number of nitrogens with one attached hydrogen (secondary N) is 1. The molecule has 1 aliphatic heterocycles. The molecule has 0 unspecified atom stereocenters. The van der Waals surface area contributed by atoms with E-state index < -0.39 is 0 Å². The summed E-state index contributed by atoms with van der Waals surface area (Å²) in [6, 6.07) is 20.3. The number of carbonyl (C=O) groups is 2. The highest BCUT2D eigenvalue weighted by molar-refractivity contribution is 6.07. The Bertz CT molecular complexity index is 1180. The van der Waals surface area contributed by atoms with Crippen LogP contribution >= 0.6 is 0 Å². The van der Waals surface area contributed by atoms with Gasteiger partial charge in [-0.05, 0) is 67.8 Å². The van der Waals surface area contributed by atoms with Gasteiger partial charge in [0, 0.05) is 12.2 Å². The van der Waals surface area contributed by atoms with Crippen molar-refractivity contribution in [1.82, 2.24) is 0 Å². The number of nitrogens with zero attached hydrogens (tertiary/aromatic N) is 1. The quantitative estimate of drug-likeness (QED) is 0.463. The molecule has 0 bridgehead atoms. The van der Waals surface area contributed by atoms with E-state index in [0.717, 1.165) is 24.2 Å². The van der Waals surface area contributed by atoms with E-state index in [9.17, 15) is 9.59 Å². The van der Waals surface area contributed by atoms with Gasteiger partial charge in [-0.2, -0.15) is 0 Å². The second-order valence-corrected chi connectivity index (χ2v) is 8.04. The van der Waals surface area contributed by atoms with E-state index in [4.69, 9.17) is 14.2 Å². The van der Waals surface area contributed by atoms with E-state index in [1.807, 2.05) is 31.2 Å². The number of aryl methyl sites for hydroxylation is 1. The minimum atomic E-state index is -0.291. The predicted octanol–water partition coefficient (Wildman–Crippen LogP) is 4.84. The molecule has 1 aliphatic rings. The van der Waals surface area contributed by atoms with Crippen LogP contribution < -0.4 is 24.4 Å². The van der Waals surface area contributed by atoms with Crippen molar-refractivity contribution in [1.29, 1.82) is 0 Å². The fourth-order valence-corrected chi connectivity index (χ4v) is 3.82. The van der Waals surface area contributed by atoms with Gasteiger partial charge in [0.15, 0.2) is 6.61 Å². The molecule has 4 rings (SSSR count). The molecule has 176 valence electrons. The number of benzene rings is 3. The number of anilines is 2. The molecule has 0 saturated carbocycles. The van der Waals surface area contributed by atoms with Crippen LogP contribution in [0.5, 0.6) is 17.2 Å². The van der Waals surface area contributed by atoms with Crippen LogP contribution in [0.2, 0.25) is 0 Å². The summed E-state index contributed by atoms with van der Waals surface area (Å²) in [4.78, 5) is 27.1. The van der Waals surface area contributed by atoms with E-state index in [2.05, 4.69) is 5.32 Å². The van der Waals surface area contributed by atoms with Crippen LogP contribution in [0, 0.1) is 6.92 Å². The Morgan fingerprint density at radius 3 is 2.74 bits per heavy atom. The summed E-state index contributed by atoms with van der Waals surface area (Å²) < 4.78 is 16.7. The lowest BCUT2D eigenvalue weighted by Crippen LogP contribution is -2.39. The van der Waals surface area contributed by atoms with E-state index in [0.29, 0.717) is 41.6 Å². The molecule has 7 nitrogen and oxygen atoms in total. The number of hydrogen-bond donors (Lipinski definition) is 1. The molecule has 0 aromatic heterocycles. The zero-order chi connectivity index (χ0) is 23.9. The van der Waals surface area contributed by atoms with Crippen LogP contribution in [0.15, 0.2) is 66.7 Å². The molecule has 7 heteroatoms. The molecule has 1 heterocycles. The SMILES string of the molecule is COc1ccccc1C(=O)Nc1ccc2c(c1)N(CCCCOc1cccc(C)c1)C(=O)CO2. The largest absolute Gasteiger partial charge is 0.496 e. The first-order valence-corrected chi connectivity index (χ1v) is 11.3. The molecule has 3 aromatic carbocycles. The van der Waals surface area contributed by atoms with Gasteiger partial charge in [0.1, 0.15) is 17.2 Å². The summed E-state index contributed by atoms with van der Waals surface area (Å²) in [7, 11) is 1.53. The number of unbranched alkanes of at least 4 members (excludes halogenated alkanes) is 1. The normalized spacial score (nSPS) is 12.5. The summed E-state index contributed by atoms with van der Waals surface area (Å²) in [5.74, 6) is 1.56. The van der Waals surface area contributed by atoms with Gasteiger partial charge in [0.2, 0.25) is 0 Å². The smallest absolute Gasteiger partial charge is 0.265 e. The Kier molecular flexibility index (Phi) is 7.32. The van der Waals surface area contributed by atoms with E-state index in [-0.39, 0.29) is 18.4 Å². The summed E-state index contributed by atoms with van der Waals surface area (Å²) >= 11 is 0. The lowest BCUT2D eigenvalue weighted by molar-refractivity contribution is -0.121. The van der Waals surface area contributed by atoms with Crippen molar-refractivity contribution in [3.05, 3.63) is 77.9 Å². The van der Waals surface area contributed by atoms with Gasteiger partial charge in [0.05, 0.1) is 25.0 Å². The summed E-state index contributed by atoms with van der Waals surface area (Å²) in [6.45, 7) is 3.14. The summed E-state index contributed by atoms with van der Waals surface area (Å²) in [5, 5.41) is 2.89. The van der Waals surface area contributed by atoms with Crippen molar-refractivity contribution in [2.75, 3.05) is 37.1 Å². The van der Waals surface area contributed by atoms with Crippen molar-refractivity contribution in [2.45, 2.75) is 19.8 Å². The van der Waals surface area contributed by atoms with Gasteiger partial charge in [-0.15, -0.1) is 0 Å². The highest BCUT2D eigenvalue weighted by atomic mass is 16.5. The molecular formula is C27H28N2O5. The highest BCUT2D eigenvalue weighted by Gasteiger charge is 2.26. The highest BCUT2D eigenvalue weighted by Crippen LogP contribution is 2.35. The van der Waals surface area contributed by atoms with Gasteiger partial charge in [-0.1, -0.05) is 24.3 Å². The summed E-state index contributed by atoms with van der Waals surface area (Å²) in [5.41, 5.74) is 2.80. The van der Waals surface area contributed by atoms with Gasteiger partial charge in [-0.3, -0.25) is 9.59 Å². The predicted molar refractivity (Wildman–Crippen MR) is 131 cm³/mol. The number of fused-ring (bicyclic) bond motifs is 1. The maximum absolute atomic E-state index is 12.8. The minimum absolute atomic E-state index is 0.000286.